The van der Waals surface area contributed by atoms with Crippen molar-refractivity contribution in [2.45, 2.75) is 47.6 Å². The number of aryl methyl sites for hydroxylation is 3. The second-order valence-electron chi connectivity index (χ2n) is 7.49. The first-order chi connectivity index (χ1) is 16.2. The van der Waals surface area contributed by atoms with Crippen LogP contribution in [0.2, 0.25) is 0 Å². The molecule has 1 N–H and O–H groups in total. The molecule has 0 bridgehead atoms. The van der Waals surface area contributed by atoms with E-state index in [0.29, 0.717) is 40.3 Å². The van der Waals surface area contributed by atoms with Gasteiger partial charge in [-0.15, -0.1) is 11.3 Å². The van der Waals surface area contributed by atoms with Gasteiger partial charge in [0, 0.05) is 11.4 Å². The summed E-state index contributed by atoms with van der Waals surface area (Å²) in [6.45, 7) is 9.13. The minimum absolute atomic E-state index is 0.181. The number of amides is 1. The van der Waals surface area contributed by atoms with Crippen molar-refractivity contribution in [2.75, 3.05) is 18.5 Å². The van der Waals surface area contributed by atoms with Gasteiger partial charge in [-0.3, -0.25) is 9.59 Å². The number of rotatable bonds is 8. The molecule has 0 unspecified atom stereocenters. The van der Waals surface area contributed by atoms with Crippen LogP contribution in [0.5, 0.6) is 0 Å². The van der Waals surface area contributed by atoms with E-state index in [1.165, 1.54) is 23.5 Å². The highest BCUT2D eigenvalue weighted by Gasteiger charge is 2.24. The van der Waals surface area contributed by atoms with Crippen molar-refractivity contribution in [1.82, 2.24) is 9.55 Å². The molecule has 10 heteroatoms. The molecule has 1 amide bonds. The van der Waals surface area contributed by atoms with Crippen molar-refractivity contribution in [3.05, 3.63) is 55.8 Å². The molecule has 0 saturated carbocycles. The van der Waals surface area contributed by atoms with Gasteiger partial charge in [-0.05, 0) is 57.9 Å². The second kappa shape index (κ2) is 10.6. The summed E-state index contributed by atoms with van der Waals surface area (Å²) >= 11 is 1.28. The predicted molar refractivity (Wildman–Crippen MR) is 130 cm³/mol. The first kappa shape index (κ1) is 25.1. The van der Waals surface area contributed by atoms with Crippen LogP contribution in [0.15, 0.2) is 23.0 Å². The van der Waals surface area contributed by atoms with Gasteiger partial charge in [0.2, 0.25) is 0 Å². The standard InChI is InChI=1S/C24H27N3O6S/c1-6-16-14(5)34-21(20(16)24(31)32-8-3)26-19(28)12-33-23(30)15-9-10-18-17(11-15)25-13(4)22(29)27(18)7-2/h9-11H,6-8,12H2,1-5H3,(H,26,28). The lowest BCUT2D eigenvalue weighted by atomic mass is 10.1. The number of nitrogens with zero attached hydrogens (tertiary/aromatic N) is 2. The number of fused-ring (bicyclic) bond motifs is 1. The Morgan fingerprint density at radius 1 is 1.09 bits per heavy atom. The molecular formula is C24H27N3O6S. The van der Waals surface area contributed by atoms with Crippen molar-refractivity contribution < 1.29 is 23.9 Å². The summed E-state index contributed by atoms with van der Waals surface area (Å²) in [6.07, 6.45) is 0.614. The molecule has 0 aliphatic rings. The Labute approximate surface area is 200 Å². The van der Waals surface area contributed by atoms with E-state index in [4.69, 9.17) is 9.47 Å². The maximum atomic E-state index is 12.5. The van der Waals surface area contributed by atoms with E-state index in [2.05, 4.69) is 10.3 Å². The second-order valence-corrected chi connectivity index (χ2v) is 8.71. The Hall–Kier alpha value is -3.53. The fourth-order valence-electron chi connectivity index (χ4n) is 3.70. The van der Waals surface area contributed by atoms with Crippen LogP contribution in [0.1, 0.15) is 57.6 Å². The third-order valence-corrected chi connectivity index (χ3v) is 6.35. The van der Waals surface area contributed by atoms with E-state index in [-0.39, 0.29) is 17.7 Å². The maximum absolute atomic E-state index is 12.5. The van der Waals surface area contributed by atoms with Crippen LogP contribution < -0.4 is 10.9 Å². The van der Waals surface area contributed by atoms with E-state index in [1.54, 1.807) is 24.5 Å². The van der Waals surface area contributed by atoms with E-state index < -0.39 is 24.5 Å². The first-order valence-electron chi connectivity index (χ1n) is 11.0. The largest absolute Gasteiger partial charge is 0.462 e. The summed E-state index contributed by atoms with van der Waals surface area (Å²) in [5.74, 6) is -1.77. The number of ether oxygens (including phenoxy) is 2. The van der Waals surface area contributed by atoms with Crippen LogP contribution in [0.25, 0.3) is 11.0 Å². The van der Waals surface area contributed by atoms with Crippen molar-refractivity contribution in [3.63, 3.8) is 0 Å². The molecule has 1 aromatic carbocycles. The fraction of sp³-hybridized carbons (Fsp3) is 0.375. The third kappa shape index (κ3) is 5.01. The molecular weight excluding hydrogens is 458 g/mol. The number of hydrogen-bond donors (Lipinski definition) is 1. The Kier molecular flexibility index (Phi) is 7.83. The highest BCUT2D eigenvalue weighted by atomic mass is 32.1. The van der Waals surface area contributed by atoms with E-state index >= 15 is 0 Å². The minimum atomic E-state index is -0.701. The average Bonchev–Trinajstić information content (AvgIpc) is 3.12. The maximum Gasteiger partial charge on any atom is 0.341 e. The monoisotopic (exact) mass is 485 g/mol. The lowest BCUT2D eigenvalue weighted by molar-refractivity contribution is -0.119. The van der Waals surface area contributed by atoms with Gasteiger partial charge in [0.25, 0.3) is 11.5 Å². The molecule has 3 rings (SSSR count). The zero-order valence-electron chi connectivity index (χ0n) is 19.8. The zero-order valence-corrected chi connectivity index (χ0v) is 20.6. The Morgan fingerprint density at radius 3 is 2.47 bits per heavy atom. The number of nitrogens with one attached hydrogen (secondary N) is 1. The first-order valence-corrected chi connectivity index (χ1v) is 11.8. The molecule has 34 heavy (non-hydrogen) atoms. The van der Waals surface area contributed by atoms with E-state index in [9.17, 15) is 19.2 Å². The van der Waals surface area contributed by atoms with Gasteiger partial charge in [0.05, 0.1) is 28.8 Å². The number of benzene rings is 1. The molecule has 0 spiro atoms. The molecule has 9 nitrogen and oxygen atoms in total. The summed E-state index contributed by atoms with van der Waals surface area (Å²) in [5.41, 5.74) is 2.61. The lowest BCUT2D eigenvalue weighted by Crippen LogP contribution is -2.24. The van der Waals surface area contributed by atoms with Crippen LogP contribution in [0.4, 0.5) is 5.00 Å². The number of anilines is 1. The van der Waals surface area contributed by atoms with E-state index in [1.807, 2.05) is 20.8 Å². The molecule has 0 atom stereocenters. The van der Waals surface area contributed by atoms with Crippen molar-refractivity contribution >= 4 is 45.2 Å². The van der Waals surface area contributed by atoms with Gasteiger partial charge < -0.3 is 19.4 Å². The molecule has 0 saturated heterocycles. The molecule has 2 aromatic heterocycles. The quantitative estimate of drug-likeness (QED) is 0.484. The molecule has 3 aromatic rings. The van der Waals surface area contributed by atoms with Crippen LogP contribution >= 0.6 is 11.3 Å². The summed E-state index contributed by atoms with van der Waals surface area (Å²) in [6, 6.07) is 4.69. The Balaban J connectivity index is 1.74. The molecule has 2 heterocycles. The number of carbonyl (C=O) groups excluding carboxylic acids is 3. The highest BCUT2D eigenvalue weighted by molar-refractivity contribution is 7.16. The van der Waals surface area contributed by atoms with Gasteiger partial charge in [-0.25, -0.2) is 14.6 Å². The number of carbonyl (C=O) groups is 3. The molecule has 180 valence electrons. The van der Waals surface area contributed by atoms with Crippen molar-refractivity contribution in [1.29, 1.82) is 0 Å². The number of esters is 2. The predicted octanol–water partition coefficient (Wildman–Crippen LogP) is 3.63. The molecule has 0 aliphatic heterocycles. The van der Waals surface area contributed by atoms with Crippen molar-refractivity contribution in [2.24, 2.45) is 0 Å². The normalized spacial score (nSPS) is 10.9. The van der Waals surface area contributed by atoms with Crippen molar-refractivity contribution in [3.8, 4) is 0 Å². The highest BCUT2D eigenvalue weighted by Crippen LogP contribution is 2.34. The Bertz CT molecular complexity index is 1320. The average molecular weight is 486 g/mol. The van der Waals surface area contributed by atoms with Crippen LogP contribution in [-0.2, 0) is 27.2 Å². The van der Waals surface area contributed by atoms with Crippen LogP contribution in [0, 0.1) is 13.8 Å². The van der Waals surface area contributed by atoms with Gasteiger partial charge in [-0.1, -0.05) is 6.92 Å². The molecule has 0 aliphatic carbocycles. The van der Waals surface area contributed by atoms with Gasteiger partial charge >= 0.3 is 11.9 Å². The SMILES string of the molecule is CCOC(=O)c1c(NC(=O)COC(=O)c2ccc3c(c2)nc(C)c(=O)n3CC)sc(C)c1CC. The van der Waals surface area contributed by atoms with E-state index in [0.717, 1.165) is 10.4 Å². The summed E-state index contributed by atoms with van der Waals surface area (Å²) in [5, 5.41) is 3.03. The van der Waals surface area contributed by atoms with Crippen LogP contribution in [0.3, 0.4) is 0 Å². The summed E-state index contributed by atoms with van der Waals surface area (Å²) in [4.78, 5) is 54.9. The molecule has 0 radical (unpaired) electrons. The summed E-state index contributed by atoms with van der Waals surface area (Å²) in [7, 11) is 0. The zero-order chi connectivity index (χ0) is 25.0. The molecule has 0 fully saturated rings. The lowest BCUT2D eigenvalue weighted by Gasteiger charge is -2.10. The number of hydrogen-bond acceptors (Lipinski definition) is 8. The minimum Gasteiger partial charge on any atom is -0.462 e. The number of aromatic nitrogens is 2. The smallest absolute Gasteiger partial charge is 0.341 e. The van der Waals surface area contributed by atoms with Gasteiger partial charge in [0.15, 0.2) is 6.61 Å². The summed E-state index contributed by atoms with van der Waals surface area (Å²) < 4.78 is 11.9. The van der Waals surface area contributed by atoms with Gasteiger partial charge in [-0.2, -0.15) is 0 Å². The van der Waals surface area contributed by atoms with Gasteiger partial charge in [0.1, 0.15) is 10.7 Å². The Morgan fingerprint density at radius 2 is 1.82 bits per heavy atom. The third-order valence-electron chi connectivity index (χ3n) is 5.29. The topological polar surface area (TPSA) is 117 Å². The van der Waals surface area contributed by atoms with Crippen LogP contribution in [-0.4, -0.2) is 40.6 Å². The fourth-order valence-corrected chi connectivity index (χ4v) is 4.85. The number of thiophene rings is 1.